The monoisotopic (exact) mass is 492 g/mol. The van der Waals surface area contributed by atoms with Crippen molar-refractivity contribution in [1.82, 2.24) is 0 Å². The highest BCUT2D eigenvalue weighted by atomic mass is 16.6. The quantitative estimate of drug-likeness (QED) is 0.370. The Bertz CT molecular complexity index is 1100. The van der Waals surface area contributed by atoms with Gasteiger partial charge >= 0.3 is 0 Å². The van der Waals surface area contributed by atoms with Crippen molar-refractivity contribution in [3.63, 3.8) is 0 Å². The average Bonchev–Trinajstić information content (AvgIpc) is 2.78. The molecule has 2 aromatic carbocycles. The largest absolute Gasteiger partial charge is 0.326 e. The Balaban J connectivity index is 1.24. The molecule has 4 aliphatic carbocycles. The number of hydrogen-bond donors (Lipinski definition) is 2. The lowest BCUT2D eigenvalue weighted by molar-refractivity contribution is -0.385. The molecule has 0 aromatic heterocycles. The van der Waals surface area contributed by atoms with E-state index < -0.39 is 9.85 Å². The fourth-order valence-corrected chi connectivity index (χ4v) is 7.49. The topological polar surface area (TPSA) is 144 Å². The van der Waals surface area contributed by atoms with Crippen LogP contribution in [0.5, 0.6) is 0 Å². The van der Waals surface area contributed by atoms with Crippen LogP contribution in [0.3, 0.4) is 0 Å². The van der Waals surface area contributed by atoms with Crippen LogP contribution in [0.25, 0.3) is 0 Å². The van der Waals surface area contributed by atoms with Crippen LogP contribution < -0.4 is 10.6 Å². The normalized spacial score (nSPS) is 27.9. The number of carbonyl (C=O) groups excluding carboxylic acids is 2. The second-order valence-corrected chi connectivity index (χ2v) is 11.0. The van der Waals surface area contributed by atoms with Crippen LogP contribution in [0.2, 0.25) is 0 Å². The van der Waals surface area contributed by atoms with Crippen molar-refractivity contribution in [2.24, 2.45) is 22.7 Å². The molecule has 0 atom stereocenters. The van der Waals surface area contributed by atoms with Crippen LogP contribution in [-0.4, -0.2) is 21.7 Å². The van der Waals surface area contributed by atoms with Crippen LogP contribution in [0.15, 0.2) is 48.5 Å². The standard InChI is InChI=1S/C26H28N4O6/c31-23(27-19-1-5-21(6-2-19)29(33)34)14-25-10-17-9-18(11-25)13-26(12-17,16-25)15-24(32)28-20-3-7-22(8-4-20)30(35)36/h1-8,17-18H,9-16H2,(H,27,31)(H,28,32). The second-order valence-electron chi connectivity index (χ2n) is 11.0. The van der Waals surface area contributed by atoms with Crippen molar-refractivity contribution in [2.45, 2.75) is 51.4 Å². The maximum Gasteiger partial charge on any atom is 0.269 e. The number of nitrogens with zero attached hydrogens (tertiary/aromatic N) is 2. The Labute approximate surface area is 207 Å². The van der Waals surface area contributed by atoms with Crippen molar-refractivity contribution in [3.8, 4) is 0 Å². The third kappa shape index (κ3) is 4.93. The summed E-state index contributed by atoms with van der Waals surface area (Å²) in [7, 11) is 0. The maximum absolute atomic E-state index is 13.0. The molecule has 0 spiro atoms. The molecule has 4 bridgehead atoms. The van der Waals surface area contributed by atoms with Gasteiger partial charge in [-0.15, -0.1) is 0 Å². The summed E-state index contributed by atoms with van der Waals surface area (Å²) in [5.41, 5.74) is 0.747. The number of anilines is 2. The number of rotatable bonds is 8. The number of amides is 2. The first-order valence-electron chi connectivity index (χ1n) is 12.2. The number of benzene rings is 2. The van der Waals surface area contributed by atoms with E-state index in [0.717, 1.165) is 38.5 Å². The van der Waals surface area contributed by atoms with Crippen LogP contribution in [0.1, 0.15) is 51.4 Å². The molecule has 2 N–H and O–H groups in total. The first-order valence-corrected chi connectivity index (χ1v) is 12.2. The molecule has 4 aliphatic rings. The van der Waals surface area contributed by atoms with E-state index in [0.29, 0.717) is 36.1 Å². The van der Waals surface area contributed by atoms with Gasteiger partial charge in [0.25, 0.3) is 11.4 Å². The highest BCUT2D eigenvalue weighted by Crippen LogP contribution is 2.67. The van der Waals surface area contributed by atoms with Gasteiger partial charge in [-0.05, 0) is 85.5 Å². The smallest absolute Gasteiger partial charge is 0.269 e. The zero-order chi connectivity index (χ0) is 25.5. The van der Waals surface area contributed by atoms with E-state index in [1.54, 1.807) is 24.3 Å². The molecule has 0 radical (unpaired) electrons. The number of hydrogen-bond acceptors (Lipinski definition) is 6. The van der Waals surface area contributed by atoms with E-state index in [2.05, 4.69) is 10.6 Å². The summed E-state index contributed by atoms with van der Waals surface area (Å²) < 4.78 is 0. The van der Waals surface area contributed by atoms with Crippen LogP contribution in [0.4, 0.5) is 22.7 Å². The van der Waals surface area contributed by atoms with Crippen molar-refractivity contribution >= 4 is 34.6 Å². The minimum atomic E-state index is -0.474. The molecule has 2 aromatic rings. The van der Waals surface area contributed by atoms with Gasteiger partial charge in [-0.25, -0.2) is 0 Å². The van der Waals surface area contributed by atoms with E-state index in [4.69, 9.17) is 0 Å². The third-order valence-electron chi connectivity index (χ3n) is 8.10. The highest BCUT2D eigenvalue weighted by molar-refractivity contribution is 5.92. The van der Waals surface area contributed by atoms with Gasteiger partial charge < -0.3 is 10.6 Å². The van der Waals surface area contributed by atoms with Gasteiger partial charge in [-0.2, -0.15) is 0 Å². The van der Waals surface area contributed by atoms with E-state index >= 15 is 0 Å². The minimum absolute atomic E-state index is 0.0250. The Morgan fingerprint density at radius 3 is 1.42 bits per heavy atom. The second kappa shape index (κ2) is 9.00. The zero-order valence-electron chi connectivity index (χ0n) is 19.8. The van der Waals surface area contributed by atoms with Crippen LogP contribution >= 0.6 is 0 Å². The Hall–Kier alpha value is -3.82. The number of nitro groups is 2. The molecule has 4 fully saturated rings. The molecule has 2 amide bonds. The van der Waals surface area contributed by atoms with Gasteiger partial charge in [0.2, 0.25) is 11.8 Å². The number of nitrogens with one attached hydrogen (secondary N) is 2. The fourth-order valence-electron chi connectivity index (χ4n) is 7.49. The van der Waals surface area contributed by atoms with Gasteiger partial charge in [-0.1, -0.05) is 0 Å². The Morgan fingerprint density at radius 1 is 0.722 bits per heavy atom. The molecule has 0 saturated heterocycles. The first kappa shape index (κ1) is 23.9. The summed E-state index contributed by atoms with van der Waals surface area (Å²) in [6, 6.07) is 11.7. The van der Waals surface area contributed by atoms with Gasteiger partial charge in [0.15, 0.2) is 0 Å². The summed E-state index contributed by atoms with van der Waals surface area (Å²) in [6.45, 7) is 0. The van der Waals surface area contributed by atoms with E-state index in [9.17, 15) is 29.8 Å². The van der Waals surface area contributed by atoms with Crippen molar-refractivity contribution in [1.29, 1.82) is 0 Å². The molecule has 36 heavy (non-hydrogen) atoms. The van der Waals surface area contributed by atoms with E-state index in [-0.39, 0.29) is 34.0 Å². The molecule has 188 valence electrons. The lowest BCUT2D eigenvalue weighted by Crippen LogP contribution is -2.53. The van der Waals surface area contributed by atoms with Crippen molar-refractivity contribution < 1.29 is 19.4 Å². The molecule has 0 heterocycles. The van der Waals surface area contributed by atoms with Gasteiger partial charge in [-0.3, -0.25) is 29.8 Å². The lowest BCUT2D eigenvalue weighted by atomic mass is 9.43. The molecular formula is C26H28N4O6. The number of nitro benzene ring substituents is 2. The zero-order valence-corrected chi connectivity index (χ0v) is 19.8. The molecule has 10 nitrogen and oxygen atoms in total. The molecule has 0 unspecified atom stereocenters. The predicted molar refractivity (Wildman–Crippen MR) is 132 cm³/mol. The van der Waals surface area contributed by atoms with Gasteiger partial charge in [0.05, 0.1) is 9.85 Å². The van der Waals surface area contributed by atoms with Crippen LogP contribution in [0, 0.1) is 42.9 Å². The average molecular weight is 493 g/mol. The molecule has 6 rings (SSSR count). The first-order chi connectivity index (χ1) is 17.1. The number of non-ortho nitro benzene ring substituents is 2. The third-order valence-corrected chi connectivity index (χ3v) is 8.10. The van der Waals surface area contributed by atoms with Crippen molar-refractivity contribution in [2.75, 3.05) is 10.6 Å². The Morgan fingerprint density at radius 2 is 1.08 bits per heavy atom. The van der Waals surface area contributed by atoms with Crippen molar-refractivity contribution in [3.05, 3.63) is 68.8 Å². The summed E-state index contributed by atoms with van der Waals surface area (Å²) in [5, 5.41) is 27.5. The number of carbonyl (C=O) groups is 2. The SMILES string of the molecule is O=C(CC12CC3CC(C1)CC(CC(=O)Nc1ccc([N+](=O)[O-])cc1)(C3)C2)Nc1ccc([N+](=O)[O-])cc1. The Kier molecular flexibility index (Phi) is 5.97. The van der Waals surface area contributed by atoms with Crippen LogP contribution in [-0.2, 0) is 9.59 Å². The molecule has 0 aliphatic heterocycles. The predicted octanol–water partition coefficient (Wildman–Crippen LogP) is 5.45. The molecule has 4 saturated carbocycles. The molecular weight excluding hydrogens is 464 g/mol. The highest BCUT2D eigenvalue weighted by Gasteiger charge is 2.58. The summed E-state index contributed by atoms with van der Waals surface area (Å²) in [6.07, 6.45) is 6.69. The van der Waals surface area contributed by atoms with E-state index in [1.807, 2.05) is 0 Å². The molecule has 10 heteroatoms. The fraction of sp³-hybridized carbons (Fsp3) is 0.462. The van der Waals surface area contributed by atoms with Gasteiger partial charge in [0, 0.05) is 48.5 Å². The summed E-state index contributed by atoms with van der Waals surface area (Å²) in [4.78, 5) is 46.8. The minimum Gasteiger partial charge on any atom is -0.326 e. The summed E-state index contributed by atoms with van der Waals surface area (Å²) >= 11 is 0. The van der Waals surface area contributed by atoms with Gasteiger partial charge in [0.1, 0.15) is 0 Å². The van der Waals surface area contributed by atoms with E-state index in [1.165, 1.54) is 24.3 Å². The summed E-state index contributed by atoms with van der Waals surface area (Å²) in [5.74, 6) is 0.809. The lowest BCUT2D eigenvalue weighted by Gasteiger charge is -2.62. The maximum atomic E-state index is 13.0.